The van der Waals surface area contributed by atoms with Gasteiger partial charge < -0.3 is 10.2 Å². The Morgan fingerprint density at radius 3 is 2.56 bits per heavy atom. The van der Waals surface area contributed by atoms with Crippen LogP contribution >= 0.6 is 0 Å². The Labute approximate surface area is 141 Å². The number of benzene rings is 1. The standard InChI is InChI=1S/C16H14F3N5O/c1-2-7-24(13-6-3-10(8-20)22-23-13)9-14(25)21-12-5-4-11(17)15(18)16(12)19/h3-6H,2,7,9H2,1H3,(H,21,25). The highest BCUT2D eigenvalue weighted by Crippen LogP contribution is 2.20. The van der Waals surface area contributed by atoms with E-state index in [1.165, 1.54) is 12.1 Å². The summed E-state index contributed by atoms with van der Waals surface area (Å²) < 4.78 is 39.7. The summed E-state index contributed by atoms with van der Waals surface area (Å²) in [5, 5.41) is 18.5. The number of carbonyl (C=O) groups excluding carboxylic acids is 1. The average molecular weight is 349 g/mol. The highest BCUT2D eigenvalue weighted by Gasteiger charge is 2.17. The van der Waals surface area contributed by atoms with Crippen LogP contribution in [0.2, 0.25) is 0 Å². The third kappa shape index (κ3) is 4.44. The highest BCUT2D eigenvalue weighted by molar-refractivity contribution is 5.94. The Bertz CT molecular complexity index is 805. The maximum atomic E-state index is 13.6. The van der Waals surface area contributed by atoms with Gasteiger partial charge in [-0.05, 0) is 30.7 Å². The maximum absolute atomic E-state index is 13.6. The predicted octanol–water partition coefficient (Wildman–Crippen LogP) is 2.62. The maximum Gasteiger partial charge on any atom is 0.244 e. The number of anilines is 2. The zero-order chi connectivity index (χ0) is 18.4. The van der Waals surface area contributed by atoms with Crippen LogP contribution in [-0.2, 0) is 4.79 Å². The Morgan fingerprint density at radius 1 is 1.20 bits per heavy atom. The lowest BCUT2D eigenvalue weighted by Crippen LogP contribution is -2.34. The summed E-state index contributed by atoms with van der Waals surface area (Å²) in [5.41, 5.74) is -0.320. The molecule has 0 aliphatic rings. The zero-order valence-electron chi connectivity index (χ0n) is 13.3. The minimum Gasteiger partial charge on any atom is -0.346 e. The Hall–Kier alpha value is -3.15. The molecule has 0 saturated heterocycles. The second-order valence-corrected chi connectivity index (χ2v) is 5.08. The molecule has 1 aromatic carbocycles. The van der Waals surface area contributed by atoms with E-state index in [0.717, 1.165) is 12.1 Å². The molecule has 130 valence electrons. The molecule has 0 aliphatic carbocycles. The van der Waals surface area contributed by atoms with E-state index in [9.17, 15) is 18.0 Å². The second-order valence-electron chi connectivity index (χ2n) is 5.08. The monoisotopic (exact) mass is 349 g/mol. The van der Waals surface area contributed by atoms with Gasteiger partial charge in [0.2, 0.25) is 5.91 Å². The van der Waals surface area contributed by atoms with E-state index in [1.807, 2.05) is 13.0 Å². The highest BCUT2D eigenvalue weighted by atomic mass is 19.2. The molecule has 1 aromatic heterocycles. The number of nitriles is 1. The number of hydrogen-bond donors (Lipinski definition) is 1. The molecule has 6 nitrogen and oxygen atoms in total. The molecule has 1 amide bonds. The van der Waals surface area contributed by atoms with Crippen LogP contribution in [0.4, 0.5) is 24.7 Å². The van der Waals surface area contributed by atoms with Crippen molar-refractivity contribution in [1.82, 2.24) is 10.2 Å². The normalized spacial score (nSPS) is 10.2. The van der Waals surface area contributed by atoms with Crippen molar-refractivity contribution in [2.45, 2.75) is 13.3 Å². The number of hydrogen-bond acceptors (Lipinski definition) is 5. The van der Waals surface area contributed by atoms with Gasteiger partial charge in [0.15, 0.2) is 29.0 Å². The first-order chi connectivity index (χ1) is 12.0. The van der Waals surface area contributed by atoms with Gasteiger partial charge in [-0.3, -0.25) is 4.79 Å². The van der Waals surface area contributed by atoms with Crippen LogP contribution in [0.25, 0.3) is 0 Å². The van der Waals surface area contributed by atoms with Crippen molar-refractivity contribution in [3.05, 3.63) is 47.4 Å². The fourth-order valence-corrected chi connectivity index (χ4v) is 2.08. The fraction of sp³-hybridized carbons (Fsp3) is 0.250. The van der Waals surface area contributed by atoms with Crippen molar-refractivity contribution in [2.75, 3.05) is 23.3 Å². The number of nitrogens with one attached hydrogen (secondary N) is 1. The Kier molecular flexibility index (Phi) is 5.89. The van der Waals surface area contributed by atoms with Gasteiger partial charge in [-0.15, -0.1) is 10.2 Å². The first-order valence-corrected chi connectivity index (χ1v) is 7.38. The summed E-state index contributed by atoms with van der Waals surface area (Å²) in [7, 11) is 0. The van der Waals surface area contributed by atoms with E-state index in [2.05, 4.69) is 15.5 Å². The summed E-state index contributed by atoms with van der Waals surface area (Å²) >= 11 is 0. The molecule has 2 aromatic rings. The third-order valence-corrected chi connectivity index (χ3v) is 3.23. The molecule has 0 radical (unpaired) electrons. The van der Waals surface area contributed by atoms with Crippen molar-refractivity contribution in [2.24, 2.45) is 0 Å². The van der Waals surface area contributed by atoms with E-state index >= 15 is 0 Å². The topological polar surface area (TPSA) is 81.9 Å². The lowest BCUT2D eigenvalue weighted by atomic mass is 10.2. The van der Waals surface area contributed by atoms with Crippen LogP contribution in [-0.4, -0.2) is 29.2 Å². The van der Waals surface area contributed by atoms with Gasteiger partial charge in [0.1, 0.15) is 6.07 Å². The summed E-state index contributed by atoms with van der Waals surface area (Å²) in [6, 6.07) is 6.49. The molecule has 25 heavy (non-hydrogen) atoms. The molecule has 0 atom stereocenters. The molecule has 0 aliphatic heterocycles. The van der Waals surface area contributed by atoms with E-state index in [0.29, 0.717) is 18.8 Å². The van der Waals surface area contributed by atoms with Crippen LogP contribution in [0.1, 0.15) is 19.0 Å². The number of carbonyl (C=O) groups is 1. The van der Waals surface area contributed by atoms with E-state index in [4.69, 9.17) is 5.26 Å². The van der Waals surface area contributed by atoms with Crippen molar-refractivity contribution in [3.8, 4) is 6.07 Å². The SMILES string of the molecule is CCCN(CC(=O)Nc1ccc(F)c(F)c1F)c1ccc(C#N)nn1. The number of amides is 1. The van der Waals surface area contributed by atoms with Crippen LogP contribution in [0.3, 0.4) is 0 Å². The smallest absolute Gasteiger partial charge is 0.244 e. The first-order valence-electron chi connectivity index (χ1n) is 7.38. The quantitative estimate of drug-likeness (QED) is 0.811. The van der Waals surface area contributed by atoms with E-state index in [-0.39, 0.29) is 12.2 Å². The molecular formula is C16H14F3N5O. The first kappa shape index (κ1) is 18.2. The number of aromatic nitrogens is 2. The van der Waals surface area contributed by atoms with Gasteiger partial charge in [-0.2, -0.15) is 5.26 Å². The van der Waals surface area contributed by atoms with Gasteiger partial charge in [-0.25, -0.2) is 13.2 Å². The number of halogens is 3. The molecule has 0 saturated carbocycles. The molecule has 1 N–H and O–H groups in total. The fourth-order valence-electron chi connectivity index (χ4n) is 2.08. The molecule has 0 fully saturated rings. The molecule has 1 heterocycles. The van der Waals surface area contributed by atoms with Crippen molar-refractivity contribution in [1.29, 1.82) is 5.26 Å². The minimum atomic E-state index is -1.65. The van der Waals surface area contributed by atoms with Gasteiger partial charge in [0.25, 0.3) is 0 Å². The van der Waals surface area contributed by atoms with Crippen LogP contribution in [0.5, 0.6) is 0 Å². The van der Waals surface area contributed by atoms with Crippen molar-refractivity contribution in [3.63, 3.8) is 0 Å². The average Bonchev–Trinajstić information content (AvgIpc) is 2.62. The van der Waals surface area contributed by atoms with Gasteiger partial charge >= 0.3 is 0 Å². The molecule has 2 rings (SSSR count). The van der Waals surface area contributed by atoms with Crippen molar-refractivity contribution >= 4 is 17.4 Å². The molecular weight excluding hydrogens is 335 g/mol. The lowest BCUT2D eigenvalue weighted by molar-refractivity contribution is -0.115. The predicted molar refractivity (Wildman–Crippen MR) is 84.2 cm³/mol. The summed E-state index contributed by atoms with van der Waals surface area (Å²) in [4.78, 5) is 13.7. The summed E-state index contributed by atoms with van der Waals surface area (Å²) in [6.45, 7) is 2.14. The molecule has 0 spiro atoms. The van der Waals surface area contributed by atoms with Gasteiger partial charge in [0, 0.05) is 6.54 Å². The molecule has 0 unspecified atom stereocenters. The molecule has 0 bridgehead atoms. The molecule has 9 heteroatoms. The van der Waals surface area contributed by atoms with E-state index in [1.54, 1.807) is 4.90 Å². The van der Waals surface area contributed by atoms with Crippen LogP contribution in [0, 0.1) is 28.8 Å². The Morgan fingerprint density at radius 2 is 1.96 bits per heavy atom. The lowest BCUT2D eigenvalue weighted by Gasteiger charge is -2.22. The largest absolute Gasteiger partial charge is 0.346 e. The third-order valence-electron chi connectivity index (χ3n) is 3.23. The van der Waals surface area contributed by atoms with Crippen LogP contribution < -0.4 is 10.2 Å². The number of nitrogens with zero attached hydrogens (tertiary/aromatic N) is 4. The van der Waals surface area contributed by atoms with Crippen LogP contribution in [0.15, 0.2) is 24.3 Å². The van der Waals surface area contributed by atoms with Crippen molar-refractivity contribution < 1.29 is 18.0 Å². The minimum absolute atomic E-state index is 0.133. The van der Waals surface area contributed by atoms with Gasteiger partial charge in [0.05, 0.1) is 12.2 Å². The summed E-state index contributed by atoms with van der Waals surface area (Å²) in [5.74, 6) is -4.73. The van der Waals surface area contributed by atoms with E-state index < -0.39 is 29.0 Å². The Balaban J connectivity index is 2.12. The summed E-state index contributed by atoms with van der Waals surface area (Å²) in [6.07, 6.45) is 0.689. The second kappa shape index (κ2) is 8.10. The number of rotatable bonds is 6. The zero-order valence-corrected chi connectivity index (χ0v) is 13.3. The van der Waals surface area contributed by atoms with Gasteiger partial charge in [-0.1, -0.05) is 6.92 Å².